The van der Waals surface area contributed by atoms with E-state index >= 15 is 0 Å². The minimum absolute atomic E-state index is 0.0172. The molecule has 37 heavy (non-hydrogen) atoms. The van der Waals surface area contributed by atoms with Gasteiger partial charge >= 0.3 is 8.02 Å². The van der Waals surface area contributed by atoms with Crippen LogP contribution < -0.4 is 9.47 Å². The van der Waals surface area contributed by atoms with E-state index < -0.39 is 12.9 Å². The fraction of sp³-hybridized carbons (Fsp3) is 0.720. The molecule has 0 aliphatic rings. The molecule has 212 valence electrons. The molecule has 1 aromatic rings. The van der Waals surface area contributed by atoms with Gasteiger partial charge in [-0.3, -0.25) is 14.9 Å². The molecule has 1 aromatic carbocycles. The molecular formula is C25H45N3O7PS+. The summed E-state index contributed by atoms with van der Waals surface area (Å²) in [4.78, 5) is 23.1. The number of ether oxygens (including phenoxy) is 2. The van der Waals surface area contributed by atoms with E-state index in [9.17, 15) is 14.9 Å². The Balaban J connectivity index is 3.73. The number of rotatable bonds is 16. The van der Waals surface area contributed by atoms with Gasteiger partial charge in [-0.1, -0.05) is 11.8 Å². The molecule has 0 aliphatic heterocycles. The molecule has 0 N–H and O–H groups in total. The van der Waals surface area contributed by atoms with Crippen LogP contribution in [-0.4, -0.2) is 70.1 Å². The van der Waals surface area contributed by atoms with Crippen molar-refractivity contribution in [1.82, 2.24) is 9.34 Å². The average molecular weight is 563 g/mol. The van der Waals surface area contributed by atoms with Crippen LogP contribution in [0.25, 0.3) is 0 Å². The van der Waals surface area contributed by atoms with Crippen molar-refractivity contribution >= 4 is 30.6 Å². The number of nitro benzene ring substituents is 1. The van der Waals surface area contributed by atoms with Crippen LogP contribution in [0.4, 0.5) is 5.69 Å². The standard InChI is InChI=1S/C25H45N3O7PS/c1-17(2)26(18(3)4)36(27(19(5)6)20(7)8,34-12-13-37-21(9)29)35-16-22-14-24(32-10)25(33-11)15-23(22)28(30)31/h14-15,17-20H,12-13,16H2,1-11H3/q+1. The van der Waals surface area contributed by atoms with Crippen molar-refractivity contribution in [3.63, 3.8) is 0 Å². The third kappa shape index (κ3) is 8.76. The third-order valence-electron chi connectivity index (χ3n) is 5.52. The summed E-state index contributed by atoms with van der Waals surface area (Å²) < 4.78 is 28.7. The van der Waals surface area contributed by atoms with Gasteiger partial charge in [0.2, 0.25) is 0 Å². The minimum atomic E-state index is -3.01. The summed E-state index contributed by atoms with van der Waals surface area (Å²) in [5.41, 5.74) is 0.234. The van der Waals surface area contributed by atoms with Crippen molar-refractivity contribution < 1.29 is 28.2 Å². The largest absolute Gasteiger partial charge is 0.493 e. The third-order valence-corrected chi connectivity index (χ3v) is 10.3. The van der Waals surface area contributed by atoms with Gasteiger partial charge in [-0.15, -0.1) is 9.34 Å². The van der Waals surface area contributed by atoms with Crippen LogP contribution in [0.2, 0.25) is 0 Å². The minimum Gasteiger partial charge on any atom is -0.493 e. The zero-order valence-corrected chi connectivity index (χ0v) is 25.9. The maximum Gasteiger partial charge on any atom is 0.437 e. The fourth-order valence-electron chi connectivity index (χ4n) is 4.47. The van der Waals surface area contributed by atoms with E-state index in [0.717, 1.165) is 0 Å². The van der Waals surface area contributed by atoms with Crippen LogP contribution in [0, 0.1) is 10.1 Å². The lowest BCUT2D eigenvalue weighted by atomic mass is 10.1. The van der Waals surface area contributed by atoms with Crippen molar-refractivity contribution in [3.8, 4) is 11.5 Å². The summed E-state index contributed by atoms with van der Waals surface area (Å²) in [6, 6.07) is 3.14. The van der Waals surface area contributed by atoms with Gasteiger partial charge < -0.3 is 9.47 Å². The highest BCUT2D eigenvalue weighted by atomic mass is 32.2. The predicted octanol–water partition coefficient (Wildman–Crippen LogP) is 6.34. The SMILES string of the molecule is COc1cc(CO[P+](OCCSC(C)=O)(N(C(C)C)C(C)C)N(C(C)C)C(C)C)c([N+](=O)[O-])cc1OC. The summed E-state index contributed by atoms with van der Waals surface area (Å²) in [6.45, 7) is 18.4. The Labute approximate surface area is 227 Å². The lowest BCUT2D eigenvalue weighted by Crippen LogP contribution is -2.49. The van der Waals surface area contributed by atoms with E-state index in [1.165, 1.54) is 39.0 Å². The highest BCUT2D eigenvalue weighted by Crippen LogP contribution is 2.70. The zero-order chi connectivity index (χ0) is 28.5. The maximum atomic E-state index is 12.0. The first-order chi connectivity index (χ1) is 17.2. The van der Waals surface area contributed by atoms with Crippen molar-refractivity contribution in [1.29, 1.82) is 0 Å². The summed E-state index contributed by atoms with van der Waals surface area (Å²) >= 11 is 1.20. The molecule has 0 heterocycles. The van der Waals surface area contributed by atoms with Gasteiger partial charge in [-0.25, -0.2) is 0 Å². The first-order valence-corrected chi connectivity index (χ1v) is 15.0. The van der Waals surface area contributed by atoms with E-state index in [1.54, 1.807) is 6.07 Å². The van der Waals surface area contributed by atoms with Gasteiger partial charge in [0.15, 0.2) is 16.6 Å². The Morgan fingerprint density at radius 2 is 1.38 bits per heavy atom. The van der Waals surface area contributed by atoms with Crippen LogP contribution in [0.15, 0.2) is 12.1 Å². The van der Waals surface area contributed by atoms with Gasteiger partial charge in [-0.2, -0.15) is 9.05 Å². The first-order valence-electron chi connectivity index (χ1n) is 12.5. The molecule has 0 aliphatic carbocycles. The van der Waals surface area contributed by atoms with Crippen molar-refractivity contribution in [3.05, 3.63) is 27.8 Å². The molecule has 0 aromatic heterocycles. The molecule has 12 heteroatoms. The molecule has 0 amide bonds. The zero-order valence-electron chi connectivity index (χ0n) is 24.1. The Kier molecular flexibility index (Phi) is 13.8. The van der Waals surface area contributed by atoms with E-state index in [1.807, 2.05) is 0 Å². The van der Waals surface area contributed by atoms with Crippen LogP contribution in [0.1, 0.15) is 67.9 Å². The second-order valence-corrected chi connectivity index (χ2v) is 13.4. The summed E-state index contributed by atoms with van der Waals surface area (Å²) in [7, 11) is -0.0874. The number of thioether (sulfide) groups is 1. The molecule has 0 spiro atoms. The molecule has 0 atom stereocenters. The Bertz CT molecular complexity index is 863. The fourth-order valence-corrected chi connectivity index (χ4v) is 8.87. The Morgan fingerprint density at radius 1 is 0.919 bits per heavy atom. The number of carbonyl (C=O) groups is 1. The molecule has 0 bridgehead atoms. The first kappa shape index (κ1) is 33.5. The quantitative estimate of drug-likeness (QED) is 0.0981. The molecular weight excluding hydrogens is 517 g/mol. The van der Waals surface area contributed by atoms with Gasteiger partial charge in [0, 0.05) is 36.8 Å². The number of nitro groups is 1. The summed E-state index contributed by atoms with van der Waals surface area (Å²) in [6.07, 6.45) is 0. The van der Waals surface area contributed by atoms with Gasteiger partial charge in [0.05, 0.1) is 30.8 Å². The topological polar surface area (TPSA) is 104 Å². The number of carbonyl (C=O) groups excluding carboxylic acids is 1. The van der Waals surface area contributed by atoms with Gasteiger partial charge in [-0.05, 0) is 61.5 Å². The maximum absolute atomic E-state index is 12.0. The molecule has 0 saturated carbocycles. The van der Waals surface area contributed by atoms with E-state index in [2.05, 4.69) is 64.7 Å². The van der Waals surface area contributed by atoms with Crippen LogP contribution >= 0.6 is 19.8 Å². The Hall–Kier alpha value is -1.49. The van der Waals surface area contributed by atoms with Crippen molar-refractivity contribution in [2.75, 3.05) is 26.6 Å². The number of nitrogens with zero attached hydrogens (tertiary/aromatic N) is 3. The normalized spacial score (nSPS) is 12.5. The lowest BCUT2D eigenvalue weighted by molar-refractivity contribution is -0.385. The number of hydrogen-bond acceptors (Lipinski definition) is 10. The smallest absolute Gasteiger partial charge is 0.437 e. The van der Waals surface area contributed by atoms with Gasteiger partial charge in [0.25, 0.3) is 5.69 Å². The van der Waals surface area contributed by atoms with Gasteiger partial charge in [0.1, 0.15) is 13.2 Å². The van der Waals surface area contributed by atoms with E-state index in [4.69, 9.17) is 18.5 Å². The average Bonchev–Trinajstić information content (AvgIpc) is 2.78. The molecule has 10 nitrogen and oxygen atoms in total. The lowest BCUT2D eigenvalue weighted by Gasteiger charge is -2.45. The van der Waals surface area contributed by atoms with Crippen LogP contribution in [-0.2, 0) is 20.4 Å². The van der Waals surface area contributed by atoms with Crippen molar-refractivity contribution in [2.24, 2.45) is 0 Å². The summed E-state index contributed by atoms with van der Waals surface area (Å²) in [5, 5.41) is 12.0. The van der Waals surface area contributed by atoms with E-state index in [0.29, 0.717) is 17.1 Å². The van der Waals surface area contributed by atoms with Crippen LogP contribution in [0.5, 0.6) is 11.5 Å². The highest BCUT2D eigenvalue weighted by molar-refractivity contribution is 8.13. The second kappa shape index (κ2) is 15.2. The predicted molar refractivity (Wildman–Crippen MR) is 151 cm³/mol. The molecule has 1 rings (SSSR count). The number of benzene rings is 1. The Morgan fingerprint density at radius 3 is 1.76 bits per heavy atom. The molecule has 0 saturated heterocycles. The van der Waals surface area contributed by atoms with E-state index in [-0.39, 0.29) is 53.9 Å². The monoisotopic (exact) mass is 562 g/mol. The number of methoxy groups -OCH3 is 2. The molecule has 0 radical (unpaired) electrons. The summed E-state index contributed by atoms with van der Waals surface area (Å²) in [5.74, 6) is 1.13. The number of hydrogen-bond donors (Lipinski definition) is 0. The van der Waals surface area contributed by atoms with Crippen LogP contribution in [0.3, 0.4) is 0 Å². The second-order valence-electron chi connectivity index (χ2n) is 9.67. The molecule has 0 fully saturated rings. The molecule has 0 unspecified atom stereocenters. The highest BCUT2D eigenvalue weighted by Gasteiger charge is 2.60. The van der Waals surface area contributed by atoms with Crippen molar-refractivity contribution in [2.45, 2.75) is 93.1 Å².